The van der Waals surface area contributed by atoms with Crippen molar-refractivity contribution in [3.8, 4) is 0 Å². The maximum Gasteiger partial charge on any atom is 0.229 e. The summed E-state index contributed by atoms with van der Waals surface area (Å²) in [5.41, 5.74) is 1.80. The minimum atomic E-state index is -0.229. The van der Waals surface area contributed by atoms with Gasteiger partial charge in [-0.05, 0) is 17.7 Å². The number of hydrogen-bond donors (Lipinski definition) is 1. The molecule has 0 unspecified atom stereocenters. The third-order valence-corrected chi connectivity index (χ3v) is 3.30. The Morgan fingerprint density at radius 2 is 2.09 bits per heavy atom. The molecule has 1 aromatic carbocycles. The Bertz CT molecular complexity index is 861. The molecule has 3 aromatic rings. The minimum absolute atomic E-state index is 0.167. The number of nitrogens with one attached hydrogen (secondary N) is 1. The Balaban J connectivity index is 1.90. The van der Waals surface area contributed by atoms with Crippen molar-refractivity contribution in [1.82, 2.24) is 9.78 Å². The van der Waals surface area contributed by atoms with Crippen molar-refractivity contribution < 1.29 is 14.0 Å². The van der Waals surface area contributed by atoms with Gasteiger partial charge in [0.05, 0.1) is 18.3 Å². The van der Waals surface area contributed by atoms with Gasteiger partial charge in [0.15, 0.2) is 11.5 Å². The predicted octanol–water partition coefficient (Wildman–Crippen LogP) is 2.55. The first-order chi connectivity index (χ1) is 10.5. The van der Waals surface area contributed by atoms with Gasteiger partial charge < -0.3 is 9.73 Å². The van der Waals surface area contributed by atoms with Crippen molar-refractivity contribution in [2.24, 2.45) is 7.05 Å². The standard InChI is InChI=1S/C16H15N3O3/c1-10(20)16-15(12-5-3-4-6-13(12)22-16)18-14(21)7-11-8-17-19(2)9-11/h3-6,8-9H,7H2,1-2H3,(H,18,21). The fraction of sp³-hybridized carbons (Fsp3) is 0.188. The van der Waals surface area contributed by atoms with E-state index < -0.39 is 0 Å². The van der Waals surface area contributed by atoms with Gasteiger partial charge in [0, 0.05) is 25.6 Å². The number of fused-ring (bicyclic) bond motifs is 1. The van der Waals surface area contributed by atoms with E-state index in [0.717, 1.165) is 5.56 Å². The van der Waals surface area contributed by atoms with Gasteiger partial charge in [-0.3, -0.25) is 14.3 Å². The second-order valence-corrected chi connectivity index (χ2v) is 5.11. The Labute approximate surface area is 126 Å². The number of furan rings is 1. The van der Waals surface area contributed by atoms with Crippen LogP contribution in [0.15, 0.2) is 41.1 Å². The maximum absolute atomic E-state index is 12.2. The summed E-state index contributed by atoms with van der Waals surface area (Å²) in [6, 6.07) is 7.22. The second-order valence-electron chi connectivity index (χ2n) is 5.11. The quantitative estimate of drug-likeness (QED) is 0.751. The predicted molar refractivity (Wildman–Crippen MR) is 81.8 cm³/mol. The molecule has 0 spiro atoms. The SMILES string of the molecule is CC(=O)c1oc2ccccc2c1NC(=O)Cc1cnn(C)c1. The number of nitrogens with zero attached hydrogens (tertiary/aromatic N) is 2. The number of para-hydroxylation sites is 1. The van der Waals surface area contributed by atoms with Crippen LogP contribution in [0.1, 0.15) is 23.0 Å². The molecule has 1 N–H and O–H groups in total. The second kappa shape index (κ2) is 5.48. The number of ketones is 1. The third kappa shape index (κ3) is 2.63. The zero-order valence-electron chi connectivity index (χ0n) is 12.3. The van der Waals surface area contributed by atoms with E-state index in [1.165, 1.54) is 6.92 Å². The van der Waals surface area contributed by atoms with Gasteiger partial charge in [-0.15, -0.1) is 0 Å². The van der Waals surface area contributed by atoms with Crippen LogP contribution in [-0.4, -0.2) is 21.5 Å². The van der Waals surface area contributed by atoms with Crippen molar-refractivity contribution in [3.05, 3.63) is 48.0 Å². The number of hydrogen-bond acceptors (Lipinski definition) is 4. The van der Waals surface area contributed by atoms with Crippen molar-refractivity contribution in [2.45, 2.75) is 13.3 Å². The molecule has 0 saturated heterocycles. The van der Waals surface area contributed by atoms with Gasteiger partial charge >= 0.3 is 0 Å². The summed E-state index contributed by atoms with van der Waals surface area (Å²) < 4.78 is 7.17. The molecule has 6 heteroatoms. The highest BCUT2D eigenvalue weighted by Crippen LogP contribution is 2.31. The first kappa shape index (κ1) is 14.1. The third-order valence-electron chi connectivity index (χ3n) is 3.30. The number of amides is 1. The van der Waals surface area contributed by atoms with Crippen LogP contribution in [-0.2, 0) is 18.3 Å². The Kier molecular flexibility index (Phi) is 3.50. The van der Waals surface area contributed by atoms with E-state index in [-0.39, 0.29) is 23.9 Å². The fourth-order valence-electron chi connectivity index (χ4n) is 2.35. The van der Waals surface area contributed by atoms with E-state index >= 15 is 0 Å². The largest absolute Gasteiger partial charge is 0.451 e. The zero-order chi connectivity index (χ0) is 15.7. The number of benzene rings is 1. The van der Waals surface area contributed by atoms with Crippen molar-refractivity contribution in [2.75, 3.05) is 5.32 Å². The highest BCUT2D eigenvalue weighted by Gasteiger charge is 2.19. The number of aromatic nitrogens is 2. The van der Waals surface area contributed by atoms with Crippen LogP contribution in [0.2, 0.25) is 0 Å². The smallest absolute Gasteiger partial charge is 0.229 e. The Morgan fingerprint density at radius 1 is 1.32 bits per heavy atom. The average Bonchev–Trinajstić information content (AvgIpc) is 3.03. The average molecular weight is 297 g/mol. The molecular weight excluding hydrogens is 282 g/mol. The number of rotatable bonds is 4. The molecule has 3 rings (SSSR count). The number of Topliss-reactive ketones (excluding diaryl/α,β-unsaturated/α-hetero) is 1. The summed E-state index contributed by atoms with van der Waals surface area (Å²) in [5.74, 6) is -0.282. The first-order valence-corrected chi connectivity index (χ1v) is 6.84. The molecule has 2 aromatic heterocycles. The number of anilines is 1. The van der Waals surface area contributed by atoms with Crippen molar-refractivity contribution in [3.63, 3.8) is 0 Å². The molecule has 1 amide bonds. The molecule has 6 nitrogen and oxygen atoms in total. The summed E-state index contributed by atoms with van der Waals surface area (Å²) in [6.45, 7) is 1.41. The van der Waals surface area contributed by atoms with Crippen LogP contribution in [0, 0.1) is 0 Å². The number of carbonyl (C=O) groups excluding carboxylic acids is 2. The molecule has 112 valence electrons. The minimum Gasteiger partial charge on any atom is -0.451 e. The van der Waals surface area contributed by atoms with Gasteiger partial charge in [0.1, 0.15) is 5.58 Å². The molecule has 0 aliphatic heterocycles. The van der Waals surface area contributed by atoms with Gasteiger partial charge in [0.2, 0.25) is 5.91 Å². The zero-order valence-corrected chi connectivity index (χ0v) is 12.3. The monoisotopic (exact) mass is 297 g/mol. The van der Waals surface area contributed by atoms with Gasteiger partial charge in [-0.25, -0.2) is 0 Å². The Morgan fingerprint density at radius 3 is 2.77 bits per heavy atom. The lowest BCUT2D eigenvalue weighted by Crippen LogP contribution is -2.15. The molecule has 0 aliphatic carbocycles. The van der Waals surface area contributed by atoms with Crippen molar-refractivity contribution in [1.29, 1.82) is 0 Å². The topological polar surface area (TPSA) is 77.1 Å². The van der Waals surface area contributed by atoms with Crippen LogP contribution < -0.4 is 5.32 Å². The molecule has 0 fully saturated rings. The number of aryl methyl sites for hydroxylation is 1. The molecule has 2 heterocycles. The van der Waals surface area contributed by atoms with E-state index in [2.05, 4.69) is 10.4 Å². The van der Waals surface area contributed by atoms with Crippen LogP contribution in [0.5, 0.6) is 0 Å². The van der Waals surface area contributed by atoms with E-state index in [0.29, 0.717) is 16.7 Å². The normalized spacial score (nSPS) is 10.8. The molecular formula is C16H15N3O3. The van der Waals surface area contributed by atoms with Gasteiger partial charge in [0.25, 0.3) is 0 Å². The van der Waals surface area contributed by atoms with Gasteiger partial charge in [-0.2, -0.15) is 5.10 Å². The van der Waals surface area contributed by atoms with Crippen LogP contribution in [0.25, 0.3) is 11.0 Å². The van der Waals surface area contributed by atoms with E-state index in [4.69, 9.17) is 4.42 Å². The molecule has 0 radical (unpaired) electrons. The fourth-order valence-corrected chi connectivity index (χ4v) is 2.35. The van der Waals surface area contributed by atoms with Crippen LogP contribution in [0.4, 0.5) is 5.69 Å². The van der Waals surface area contributed by atoms with Crippen LogP contribution in [0.3, 0.4) is 0 Å². The van der Waals surface area contributed by atoms with E-state index in [1.807, 2.05) is 18.2 Å². The van der Waals surface area contributed by atoms with E-state index in [1.54, 1.807) is 30.2 Å². The molecule has 0 bridgehead atoms. The molecule has 0 atom stereocenters. The lowest BCUT2D eigenvalue weighted by Gasteiger charge is -2.03. The summed E-state index contributed by atoms with van der Waals surface area (Å²) in [5, 5.41) is 7.52. The highest BCUT2D eigenvalue weighted by atomic mass is 16.3. The summed E-state index contributed by atoms with van der Waals surface area (Å²) >= 11 is 0. The van der Waals surface area contributed by atoms with Crippen LogP contribution >= 0.6 is 0 Å². The summed E-state index contributed by atoms with van der Waals surface area (Å²) in [6.07, 6.45) is 3.60. The van der Waals surface area contributed by atoms with Crippen molar-refractivity contribution >= 4 is 28.3 Å². The molecule has 0 aliphatic rings. The maximum atomic E-state index is 12.2. The lowest BCUT2D eigenvalue weighted by atomic mass is 10.2. The Hall–Kier alpha value is -2.89. The lowest BCUT2D eigenvalue weighted by molar-refractivity contribution is -0.115. The highest BCUT2D eigenvalue weighted by molar-refractivity contribution is 6.11. The summed E-state index contributed by atoms with van der Waals surface area (Å²) in [4.78, 5) is 23.9. The number of carbonyl (C=O) groups is 2. The van der Waals surface area contributed by atoms with E-state index in [9.17, 15) is 9.59 Å². The first-order valence-electron chi connectivity index (χ1n) is 6.84. The van der Waals surface area contributed by atoms with Gasteiger partial charge in [-0.1, -0.05) is 12.1 Å². The molecule has 0 saturated carbocycles. The molecule has 22 heavy (non-hydrogen) atoms. The summed E-state index contributed by atoms with van der Waals surface area (Å²) in [7, 11) is 1.79.